The summed E-state index contributed by atoms with van der Waals surface area (Å²) in [6.07, 6.45) is -0.681. The standard InChI is InChI=1S/C12H16FNO/c1-9(2)7-14-8-12(15)10-4-3-5-11(13)6-10/h3-6,12,14-15H,1,7-8H2,2H3. The third-order valence-electron chi connectivity index (χ3n) is 2.00. The normalized spacial score (nSPS) is 12.5. The van der Waals surface area contributed by atoms with Crippen molar-refractivity contribution in [1.29, 1.82) is 0 Å². The number of aliphatic hydroxyl groups is 1. The number of benzene rings is 1. The molecule has 0 bridgehead atoms. The van der Waals surface area contributed by atoms with E-state index in [0.29, 0.717) is 18.7 Å². The van der Waals surface area contributed by atoms with E-state index in [1.807, 2.05) is 6.92 Å². The second kappa shape index (κ2) is 5.63. The molecule has 0 aliphatic rings. The molecule has 0 radical (unpaired) electrons. The first-order valence-electron chi connectivity index (χ1n) is 4.88. The summed E-state index contributed by atoms with van der Waals surface area (Å²) >= 11 is 0. The molecule has 0 aliphatic carbocycles. The molecule has 82 valence electrons. The van der Waals surface area contributed by atoms with Crippen LogP contribution in [0.5, 0.6) is 0 Å². The Morgan fingerprint density at radius 3 is 2.93 bits per heavy atom. The lowest BCUT2D eigenvalue weighted by atomic mass is 10.1. The average molecular weight is 209 g/mol. The van der Waals surface area contributed by atoms with Crippen molar-refractivity contribution in [3.8, 4) is 0 Å². The van der Waals surface area contributed by atoms with Crippen molar-refractivity contribution in [2.75, 3.05) is 13.1 Å². The smallest absolute Gasteiger partial charge is 0.123 e. The molecule has 3 heteroatoms. The van der Waals surface area contributed by atoms with E-state index in [1.54, 1.807) is 12.1 Å². The number of hydrogen-bond acceptors (Lipinski definition) is 2. The van der Waals surface area contributed by atoms with Gasteiger partial charge in [0.2, 0.25) is 0 Å². The Morgan fingerprint density at radius 1 is 1.60 bits per heavy atom. The van der Waals surface area contributed by atoms with Gasteiger partial charge in [-0.15, -0.1) is 0 Å². The zero-order valence-electron chi connectivity index (χ0n) is 8.83. The van der Waals surface area contributed by atoms with Crippen LogP contribution in [0.15, 0.2) is 36.4 Å². The van der Waals surface area contributed by atoms with Crippen LogP contribution in [0.1, 0.15) is 18.6 Å². The molecule has 2 N–H and O–H groups in total. The van der Waals surface area contributed by atoms with Crippen molar-refractivity contribution in [2.45, 2.75) is 13.0 Å². The molecule has 0 spiro atoms. The van der Waals surface area contributed by atoms with E-state index in [2.05, 4.69) is 11.9 Å². The summed E-state index contributed by atoms with van der Waals surface area (Å²) in [6, 6.07) is 5.99. The summed E-state index contributed by atoms with van der Waals surface area (Å²) in [5.74, 6) is -0.327. The van der Waals surface area contributed by atoms with E-state index in [1.165, 1.54) is 12.1 Å². The lowest BCUT2D eigenvalue weighted by Gasteiger charge is -2.12. The Labute approximate surface area is 89.4 Å². The lowest BCUT2D eigenvalue weighted by molar-refractivity contribution is 0.175. The number of rotatable bonds is 5. The maximum absolute atomic E-state index is 12.8. The van der Waals surface area contributed by atoms with Crippen LogP contribution in [0.2, 0.25) is 0 Å². The first-order chi connectivity index (χ1) is 7.09. The molecule has 1 aromatic carbocycles. The predicted octanol–water partition coefficient (Wildman–Crippen LogP) is 2.02. The van der Waals surface area contributed by atoms with Gasteiger partial charge >= 0.3 is 0 Å². The lowest BCUT2D eigenvalue weighted by Crippen LogP contribution is -2.22. The van der Waals surface area contributed by atoms with Gasteiger partial charge in [0, 0.05) is 13.1 Å². The maximum Gasteiger partial charge on any atom is 0.123 e. The van der Waals surface area contributed by atoms with E-state index in [9.17, 15) is 9.50 Å². The van der Waals surface area contributed by atoms with E-state index >= 15 is 0 Å². The van der Waals surface area contributed by atoms with Gasteiger partial charge in [-0.3, -0.25) is 0 Å². The fourth-order valence-corrected chi connectivity index (χ4v) is 1.25. The van der Waals surface area contributed by atoms with Crippen molar-refractivity contribution in [2.24, 2.45) is 0 Å². The minimum absolute atomic E-state index is 0.327. The van der Waals surface area contributed by atoms with Gasteiger partial charge in [0.05, 0.1) is 6.10 Å². The van der Waals surface area contributed by atoms with Crippen LogP contribution in [0.3, 0.4) is 0 Å². The highest BCUT2D eigenvalue weighted by Gasteiger charge is 2.07. The van der Waals surface area contributed by atoms with Crippen molar-refractivity contribution in [3.63, 3.8) is 0 Å². The second-order valence-corrected chi connectivity index (χ2v) is 3.66. The molecule has 1 aromatic rings. The summed E-state index contributed by atoms with van der Waals surface area (Å²) in [4.78, 5) is 0. The van der Waals surface area contributed by atoms with Crippen molar-refractivity contribution in [1.82, 2.24) is 5.32 Å². The predicted molar refractivity (Wildman–Crippen MR) is 59.0 cm³/mol. The fourth-order valence-electron chi connectivity index (χ4n) is 1.25. The molecule has 1 atom stereocenters. The van der Waals surface area contributed by atoms with Gasteiger partial charge in [-0.1, -0.05) is 24.3 Å². The minimum Gasteiger partial charge on any atom is -0.387 e. The topological polar surface area (TPSA) is 32.3 Å². The van der Waals surface area contributed by atoms with Gasteiger partial charge in [0.15, 0.2) is 0 Å². The molecule has 0 saturated heterocycles. The molecule has 0 aromatic heterocycles. The number of aliphatic hydroxyl groups excluding tert-OH is 1. The Hall–Kier alpha value is -1.19. The molecular weight excluding hydrogens is 193 g/mol. The first-order valence-corrected chi connectivity index (χ1v) is 4.88. The average Bonchev–Trinajstić information content (AvgIpc) is 2.17. The monoisotopic (exact) mass is 209 g/mol. The number of halogens is 1. The summed E-state index contributed by atoms with van der Waals surface area (Å²) < 4.78 is 12.8. The third kappa shape index (κ3) is 4.23. The molecular formula is C12H16FNO. The zero-order chi connectivity index (χ0) is 11.3. The minimum atomic E-state index is -0.681. The SMILES string of the molecule is C=C(C)CNCC(O)c1cccc(F)c1. The van der Waals surface area contributed by atoms with Crippen LogP contribution >= 0.6 is 0 Å². The van der Waals surface area contributed by atoms with E-state index < -0.39 is 6.10 Å². The molecule has 0 heterocycles. The summed E-state index contributed by atoms with van der Waals surface area (Å²) in [6.45, 7) is 6.70. The molecule has 0 saturated carbocycles. The molecule has 15 heavy (non-hydrogen) atoms. The second-order valence-electron chi connectivity index (χ2n) is 3.66. The highest BCUT2D eigenvalue weighted by Crippen LogP contribution is 2.12. The van der Waals surface area contributed by atoms with Gasteiger partial charge in [0.25, 0.3) is 0 Å². The van der Waals surface area contributed by atoms with E-state index in [0.717, 1.165) is 5.57 Å². The van der Waals surface area contributed by atoms with Crippen molar-refractivity contribution < 1.29 is 9.50 Å². The third-order valence-corrected chi connectivity index (χ3v) is 2.00. The highest BCUT2D eigenvalue weighted by molar-refractivity contribution is 5.19. The van der Waals surface area contributed by atoms with Gasteiger partial charge in [-0.2, -0.15) is 0 Å². The van der Waals surface area contributed by atoms with Crippen LogP contribution in [-0.2, 0) is 0 Å². The Bertz CT molecular complexity index is 338. The Kier molecular flexibility index (Phi) is 4.46. The molecule has 0 fully saturated rings. The first kappa shape index (κ1) is 11.9. The van der Waals surface area contributed by atoms with Gasteiger partial charge in [-0.05, 0) is 24.6 Å². The van der Waals surface area contributed by atoms with Crippen LogP contribution in [-0.4, -0.2) is 18.2 Å². The molecule has 1 unspecified atom stereocenters. The molecule has 0 amide bonds. The van der Waals surface area contributed by atoms with Crippen LogP contribution in [0.25, 0.3) is 0 Å². The fraction of sp³-hybridized carbons (Fsp3) is 0.333. The quantitative estimate of drug-likeness (QED) is 0.727. The summed E-state index contributed by atoms with van der Waals surface area (Å²) in [5, 5.41) is 12.7. The highest BCUT2D eigenvalue weighted by atomic mass is 19.1. The molecule has 2 nitrogen and oxygen atoms in total. The number of nitrogens with one attached hydrogen (secondary N) is 1. The Morgan fingerprint density at radius 2 is 2.33 bits per heavy atom. The van der Waals surface area contributed by atoms with E-state index in [4.69, 9.17) is 0 Å². The van der Waals surface area contributed by atoms with Crippen molar-refractivity contribution in [3.05, 3.63) is 47.8 Å². The summed E-state index contributed by atoms with van der Waals surface area (Å²) in [7, 11) is 0. The van der Waals surface area contributed by atoms with Gasteiger partial charge in [0.1, 0.15) is 5.82 Å². The molecule has 0 aliphatic heterocycles. The van der Waals surface area contributed by atoms with Crippen LogP contribution in [0, 0.1) is 5.82 Å². The van der Waals surface area contributed by atoms with Gasteiger partial charge in [-0.25, -0.2) is 4.39 Å². The van der Waals surface area contributed by atoms with Crippen LogP contribution in [0.4, 0.5) is 4.39 Å². The van der Waals surface area contributed by atoms with Crippen LogP contribution < -0.4 is 5.32 Å². The largest absolute Gasteiger partial charge is 0.387 e. The summed E-state index contributed by atoms with van der Waals surface area (Å²) in [5.41, 5.74) is 1.59. The maximum atomic E-state index is 12.8. The van der Waals surface area contributed by atoms with Gasteiger partial charge < -0.3 is 10.4 Å². The Balaban J connectivity index is 2.46. The number of hydrogen-bond donors (Lipinski definition) is 2. The van der Waals surface area contributed by atoms with Crippen molar-refractivity contribution >= 4 is 0 Å². The zero-order valence-corrected chi connectivity index (χ0v) is 8.83. The molecule has 1 rings (SSSR count). The van der Waals surface area contributed by atoms with E-state index in [-0.39, 0.29) is 5.82 Å².